The number of nitrogens with one attached hydrogen (secondary N) is 2. The van der Waals surface area contributed by atoms with Gasteiger partial charge in [-0.3, -0.25) is 15.2 Å². The van der Waals surface area contributed by atoms with Gasteiger partial charge in [-0.1, -0.05) is 17.3 Å². The molecule has 23 heavy (non-hydrogen) atoms. The van der Waals surface area contributed by atoms with Gasteiger partial charge in [0.1, 0.15) is 11.4 Å². The van der Waals surface area contributed by atoms with Crippen molar-refractivity contribution < 1.29 is 14.1 Å². The minimum absolute atomic E-state index is 0.319. The molecular weight excluding hydrogens is 296 g/mol. The van der Waals surface area contributed by atoms with Crippen molar-refractivity contribution in [3.8, 4) is 17.0 Å². The summed E-state index contributed by atoms with van der Waals surface area (Å²) < 4.78 is 10.4. The Hall–Kier alpha value is -3.09. The van der Waals surface area contributed by atoms with Crippen LogP contribution < -0.4 is 10.1 Å². The van der Waals surface area contributed by atoms with Crippen LogP contribution in [0.15, 0.2) is 34.9 Å². The zero-order valence-electron chi connectivity index (χ0n) is 13.0. The summed E-state index contributed by atoms with van der Waals surface area (Å²) >= 11 is 0. The number of methoxy groups -OCH3 is 1. The van der Waals surface area contributed by atoms with Gasteiger partial charge in [-0.05, 0) is 32.0 Å². The molecule has 0 atom stereocenters. The number of para-hydroxylation sites is 1. The van der Waals surface area contributed by atoms with Crippen LogP contribution in [0, 0.1) is 13.8 Å². The maximum atomic E-state index is 12.3. The van der Waals surface area contributed by atoms with Crippen LogP contribution >= 0.6 is 0 Å². The molecule has 2 N–H and O–H groups in total. The minimum atomic E-state index is -0.349. The lowest BCUT2D eigenvalue weighted by atomic mass is 10.1. The largest absolute Gasteiger partial charge is 0.496 e. The maximum Gasteiger partial charge on any atom is 0.276 e. The number of carbonyl (C=O) groups excluding carboxylic acids is 1. The van der Waals surface area contributed by atoms with Gasteiger partial charge in [-0.15, -0.1) is 0 Å². The van der Waals surface area contributed by atoms with Gasteiger partial charge in [-0.2, -0.15) is 5.10 Å². The van der Waals surface area contributed by atoms with Crippen molar-refractivity contribution >= 4 is 11.8 Å². The average molecular weight is 312 g/mol. The molecule has 1 amide bonds. The fourth-order valence-electron chi connectivity index (χ4n) is 2.13. The highest BCUT2D eigenvalue weighted by atomic mass is 16.5. The standard InChI is InChI=1S/C16H16N4O3/c1-9-10(2)20-23-16(9)17-15(21)13-8-12(18-19-13)11-6-4-5-7-14(11)22-3/h4-8H,1-3H3,(H,17,21)(H,18,19). The Morgan fingerprint density at radius 3 is 2.78 bits per heavy atom. The first-order valence-electron chi connectivity index (χ1n) is 7.03. The number of ether oxygens (including phenoxy) is 1. The highest BCUT2D eigenvalue weighted by Gasteiger charge is 2.17. The Balaban J connectivity index is 1.84. The number of hydrogen-bond acceptors (Lipinski definition) is 5. The van der Waals surface area contributed by atoms with E-state index in [1.54, 1.807) is 13.2 Å². The van der Waals surface area contributed by atoms with Gasteiger partial charge in [0.15, 0.2) is 0 Å². The number of amides is 1. The van der Waals surface area contributed by atoms with E-state index in [2.05, 4.69) is 20.7 Å². The number of aromatic amines is 1. The van der Waals surface area contributed by atoms with Gasteiger partial charge in [0.25, 0.3) is 5.91 Å². The Bertz CT molecular complexity index is 851. The number of benzene rings is 1. The second-order valence-electron chi connectivity index (χ2n) is 5.04. The second kappa shape index (κ2) is 5.96. The third-order valence-corrected chi connectivity index (χ3v) is 3.59. The molecule has 1 aromatic carbocycles. The van der Waals surface area contributed by atoms with Gasteiger partial charge >= 0.3 is 0 Å². The number of hydrogen-bond donors (Lipinski definition) is 2. The highest BCUT2D eigenvalue weighted by molar-refractivity contribution is 6.03. The monoisotopic (exact) mass is 312 g/mol. The normalized spacial score (nSPS) is 10.6. The first-order chi connectivity index (χ1) is 11.1. The quantitative estimate of drug-likeness (QED) is 0.772. The predicted molar refractivity (Wildman–Crippen MR) is 84.5 cm³/mol. The molecule has 0 radical (unpaired) electrons. The number of aromatic nitrogens is 3. The van der Waals surface area contributed by atoms with Gasteiger partial charge in [0.05, 0.1) is 18.5 Å². The minimum Gasteiger partial charge on any atom is -0.496 e. The maximum absolute atomic E-state index is 12.3. The van der Waals surface area contributed by atoms with Crippen LogP contribution in [0.25, 0.3) is 11.3 Å². The van der Waals surface area contributed by atoms with Crippen LogP contribution in [0.4, 0.5) is 5.88 Å². The van der Waals surface area contributed by atoms with Crippen molar-refractivity contribution in [2.45, 2.75) is 13.8 Å². The molecule has 0 aliphatic heterocycles. The van der Waals surface area contributed by atoms with Crippen LogP contribution in [0.1, 0.15) is 21.7 Å². The van der Waals surface area contributed by atoms with Gasteiger partial charge < -0.3 is 9.26 Å². The van der Waals surface area contributed by atoms with E-state index < -0.39 is 0 Å². The molecule has 2 aromatic heterocycles. The number of rotatable bonds is 4. The Morgan fingerprint density at radius 1 is 1.30 bits per heavy atom. The molecule has 0 unspecified atom stereocenters. The summed E-state index contributed by atoms with van der Waals surface area (Å²) in [5, 5.41) is 13.4. The third-order valence-electron chi connectivity index (χ3n) is 3.59. The van der Waals surface area contributed by atoms with Gasteiger partial charge in [-0.25, -0.2) is 0 Å². The van der Waals surface area contributed by atoms with Crippen molar-refractivity contribution in [1.29, 1.82) is 0 Å². The van der Waals surface area contributed by atoms with Gasteiger partial charge in [0, 0.05) is 11.1 Å². The third kappa shape index (κ3) is 2.80. The number of carbonyl (C=O) groups is 1. The van der Waals surface area contributed by atoms with E-state index >= 15 is 0 Å². The van der Waals surface area contributed by atoms with E-state index in [1.165, 1.54) is 0 Å². The van der Waals surface area contributed by atoms with Crippen LogP contribution in [0.3, 0.4) is 0 Å². The summed E-state index contributed by atoms with van der Waals surface area (Å²) in [7, 11) is 1.59. The Kier molecular flexibility index (Phi) is 3.84. The zero-order valence-corrected chi connectivity index (χ0v) is 13.0. The Labute approximate surface area is 132 Å². The molecule has 0 bridgehead atoms. The van der Waals surface area contributed by atoms with E-state index in [9.17, 15) is 4.79 Å². The van der Waals surface area contributed by atoms with Crippen molar-refractivity contribution in [1.82, 2.24) is 15.4 Å². The van der Waals surface area contributed by atoms with Crippen LogP contribution in [0.5, 0.6) is 5.75 Å². The van der Waals surface area contributed by atoms with E-state index in [-0.39, 0.29) is 5.91 Å². The molecule has 0 aliphatic rings. The molecule has 0 saturated heterocycles. The van der Waals surface area contributed by atoms with Crippen LogP contribution in [0.2, 0.25) is 0 Å². The molecule has 2 heterocycles. The van der Waals surface area contributed by atoms with E-state index in [4.69, 9.17) is 9.26 Å². The molecule has 7 heteroatoms. The lowest BCUT2D eigenvalue weighted by Gasteiger charge is -2.04. The fourth-order valence-corrected chi connectivity index (χ4v) is 2.13. The van der Waals surface area contributed by atoms with Crippen molar-refractivity contribution in [2.75, 3.05) is 12.4 Å². The van der Waals surface area contributed by atoms with Crippen molar-refractivity contribution in [3.63, 3.8) is 0 Å². The number of H-pyrrole nitrogens is 1. The molecule has 0 saturated carbocycles. The Morgan fingerprint density at radius 2 is 2.09 bits per heavy atom. The lowest BCUT2D eigenvalue weighted by molar-refractivity contribution is 0.101. The van der Waals surface area contributed by atoms with Crippen LogP contribution in [-0.2, 0) is 0 Å². The molecule has 0 fully saturated rings. The second-order valence-corrected chi connectivity index (χ2v) is 5.04. The first-order valence-corrected chi connectivity index (χ1v) is 7.03. The molecular formula is C16H16N4O3. The molecule has 0 spiro atoms. The summed E-state index contributed by atoms with van der Waals surface area (Å²) in [6, 6.07) is 9.13. The summed E-state index contributed by atoms with van der Waals surface area (Å²) in [4.78, 5) is 12.3. The van der Waals surface area contributed by atoms with Crippen LogP contribution in [-0.4, -0.2) is 28.4 Å². The number of aryl methyl sites for hydroxylation is 1. The molecule has 0 aliphatic carbocycles. The molecule has 3 rings (SSSR count). The average Bonchev–Trinajstić information content (AvgIpc) is 3.17. The number of nitrogens with zero attached hydrogens (tertiary/aromatic N) is 2. The topological polar surface area (TPSA) is 93.0 Å². The van der Waals surface area contributed by atoms with Crippen molar-refractivity contribution in [3.05, 3.63) is 47.3 Å². The molecule has 118 valence electrons. The summed E-state index contributed by atoms with van der Waals surface area (Å²) in [6.45, 7) is 3.64. The summed E-state index contributed by atoms with van der Waals surface area (Å²) in [5.41, 5.74) is 3.27. The van der Waals surface area contributed by atoms with Crippen molar-refractivity contribution in [2.24, 2.45) is 0 Å². The lowest BCUT2D eigenvalue weighted by Crippen LogP contribution is -2.12. The van der Waals surface area contributed by atoms with E-state index in [0.29, 0.717) is 23.0 Å². The first kappa shape index (κ1) is 14.8. The highest BCUT2D eigenvalue weighted by Crippen LogP contribution is 2.28. The predicted octanol–water partition coefficient (Wildman–Crippen LogP) is 2.94. The zero-order chi connectivity index (χ0) is 16.4. The van der Waals surface area contributed by atoms with E-state index in [1.807, 2.05) is 38.1 Å². The van der Waals surface area contributed by atoms with Gasteiger partial charge in [0.2, 0.25) is 5.88 Å². The summed E-state index contributed by atoms with van der Waals surface area (Å²) in [6.07, 6.45) is 0. The fraction of sp³-hybridized carbons (Fsp3) is 0.188. The van der Waals surface area contributed by atoms with E-state index in [0.717, 1.165) is 16.8 Å². The smallest absolute Gasteiger partial charge is 0.276 e. The number of anilines is 1. The molecule has 7 nitrogen and oxygen atoms in total. The molecule has 3 aromatic rings. The summed E-state index contributed by atoms with van der Waals surface area (Å²) in [5.74, 6) is 0.673. The SMILES string of the molecule is COc1ccccc1-c1cc(C(=O)Nc2onc(C)c2C)[nH]n1.